The molecule has 0 fully saturated rings. The highest BCUT2D eigenvalue weighted by Gasteiger charge is 2.24. The van der Waals surface area contributed by atoms with Gasteiger partial charge in [-0.1, -0.05) is 11.6 Å². The van der Waals surface area contributed by atoms with Gasteiger partial charge < -0.3 is 10.1 Å². The third kappa shape index (κ3) is 5.90. The molecule has 0 aliphatic rings. The fourth-order valence-electron chi connectivity index (χ4n) is 1.63. The van der Waals surface area contributed by atoms with E-state index in [9.17, 15) is 4.79 Å². The summed E-state index contributed by atoms with van der Waals surface area (Å²) in [6.07, 6.45) is 0.869. The van der Waals surface area contributed by atoms with E-state index in [1.165, 1.54) is 0 Å². The van der Waals surface area contributed by atoms with Gasteiger partial charge in [-0.25, -0.2) is 0 Å². The van der Waals surface area contributed by atoms with Crippen molar-refractivity contribution < 1.29 is 9.53 Å². The van der Waals surface area contributed by atoms with Gasteiger partial charge in [-0.3, -0.25) is 4.79 Å². The second-order valence-electron chi connectivity index (χ2n) is 6.38. The molecule has 0 aliphatic carbocycles. The Hall–Kier alpha value is -1.32. The first-order chi connectivity index (χ1) is 9.54. The molecule has 0 aromatic carbocycles. The lowest BCUT2D eigenvalue weighted by Crippen LogP contribution is -2.32. The molecule has 5 nitrogen and oxygen atoms in total. The van der Waals surface area contributed by atoms with Gasteiger partial charge in [0, 0.05) is 12.0 Å². The van der Waals surface area contributed by atoms with E-state index in [4.69, 9.17) is 21.6 Å². The maximum absolute atomic E-state index is 11.8. The van der Waals surface area contributed by atoms with Gasteiger partial charge in [-0.2, -0.15) is 9.64 Å². The third-order valence-electron chi connectivity index (χ3n) is 2.59. The van der Waals surface area contributed by atoms with E-state index in [2.05, 4.69) is 9.69 Å². The van der Waals surface area contributed by atoms with Crippen molar-refractivity contribution in [2.75, 3.05) is 5.32 Å². The molecule has 1 aromatic rings. The summed E-state index contributed by atoms with van der Waals surface area (Å²) in [6, 6.07) is 2.02. The molecule has 7 heteroatoms. The first-order valence-corrected chi connectivity index (χ1v) is 7.74. The number of anilines is 1. The quantitative estimate of drug-likeness (QED) is 0.827. The van der Waals surface area contributed by atoms with Crippen LogP contribution in [0.2, 0.25) is 5.15 Å². The summed E-state index contributed by atoms with van der Waals surface area (Å²) in [5.41, 5.74) is -0.515. The molecule has 0 spiro atoms. The van der Waals surface area contributed by atoms with Gasteiger partial charge in [0.25, 0.3) is 0 Å². The molecule has 1 rings (SSSR count). The second-order valence-corrected chi connectivity index (χ2v) is 7.52. The molecule has 0 saturated carbocycles. The lowest BCUT2D eigenvalue weighted by molar-refractivity contribution is -0.155. The van der Waals surface area contributed by atoms with Gasteiger partial charge in [0.05, 0.1) is 0 Å². The largest absolute Gasteiger partial charge is 0.460 e. The number of ether oxygens (including phenoxy) is 1. The summed E-state index contributed by atoms with van der Waals surface area (Å²) >= 11 is 6.98. The number of hydrogen-bond acceptors (Lipinski definition) is 6. The van der Waals surface area contributed by atoms with E-state index in [-0.39, 0.29) is 16.7 Å². The van der Waals surface area contributed by atoms with E-state index in [0.29, 0.717) is 23.4 Å². The van der Waals surface area contributed by atoms with Crippen LogP contribution in [0.1, 0.15) is 53.0 Å². The first-order valence-electron chi connectivity index (χ1n) is 6.59. The van der Waals surface area contributed by atoms with Crippen molar-refractivity contribution in [1.82, 2.24) is 4.37 Å². The molecule has 0 aliphatic heterocycles. The van der Waals surface area contributed by atoms with Crippen molar-refractivity contribution in [2.24, 2.45) is 0 Å². The zero-order valence-corrected chi connectivity index (χ0v) is 14.5. The normalized spacial score (nSPS) is 11.9. The Morgan fingerprint density at radius 1 is 1.43 bits per heavy atom. The number of halogens is 1. The van der Waals surface area contributed by atoms with Gasteiger partial charge in [0.1, 0.15) is 22.2 Å². The molecule has 0 bridgehead atoms. The van der Waals surface area contributed by atoms with Gasteiger partial charge in [0.15, 0.2) is 5.15 Å². The highest BCUT2D eigenvalue weighted by atomic mass is 35.5. The zero-order valence-electron chi connectivity index (χ0n) is 12.9. The number of nitrogens with one attached hydrogen (secondary N) is 1. The standard InChI is InChI=1S/C14H20ClN3O2S/c1-13(2,3)20-10(19)6-7-14(4,5)17-12-9(8-16)11(15)18-21-12/h17H,6-7H2,1-5H3. The van der Waals surface area contributed by atoms with Gasteiger partial charge in [0.2, 0.25) is 0 Å². The molecule has 1 aromatic heterocycles. The minimum Gasteiger partial charge on any atom is -0.460 e. The maximum Gasteiger partial charge on any atom is 0.306 e. The minimum absolute atomic E-state index is 0.202. The van der Waals surface area contributed by atoms with Crippen LogP contribution in [0.3, 0.4) is 0 Å². The van der Waals surface area contributed by atoms with E-state index < -0.39 is 5.60 Å². The molecule has 21 heavy (non-hydrogen) atoms. The van der Waals surface area contributed by atoms with Crippen molar-refractivity contribution in [1.29, 1.82) is 5.26 Å². The highest BCUT2D eigenvalue weighted by molar-refractivity contribution is 7.10. The van der Waals surface area contributed by atoms with Crippen molar-refractivity contribution in [3.8, 4) is 6.07 Å². The highest BCUT2D eigenvalue weighted by Crippen LogP contribution is 2.31. The monoisotopic (exact) mass is 329 g/mol. The molecule has 0 radical (unpaired) electrons. The Morgan fingerprint density at radius 2 is 2.05 bits per heavy atom. The molecular formula is C14H20ClN3O2S. The Morgan fingerprint density at radius 3 is 2.57 bits per heavy atom. The number of aromatic nitrogens is 1. The van der Waals surface area contributed by atoms with Crippen LogP contribution >= 0.6 is 23.1 Å². The predicted octanol–water partition coefficient (Wildman–Crippen LogP) is 3.98. The Bertz CT molecular complexity index is 556. The zero-order chi connectivity index (χ0) is 16.3. The lowest BCUT2D eigenvalue weighted by Gasteiger charge is -2.27. The minimum atomic E-state index is -0.478. The van der Waals surface area contributed by atoms with E-state index in [0.717, 1.165) is 11.5 Å². The third-order valence-corrected chi connectivity index (χ3v) is 3.72. The summed E-state index contributed by atoms with van der Waals surface area (Å²) in [4.78, 5) is 11.8. The Balaban J connectivity index is 2.62. The summed E-state index contributed by atoms with van der Waals surface area (Å²) in [5.74, 6) is -0.236. The van der Waals surface area contributed by atoms with Crippen molar-refractivity contribution in [3.63, 3.8) is 0 Å². The van der Waals surface area contributed by atoms with Crippen LogP contribution in [0, 0.1) is 11.3 Å². The molecule has 0 atom stereocenters. The van der Waals surface area contributed by atoms with Crippen LogP contribution < -0.4 is 5.32 Å². The fraction of sp³-hybridized carbons (Fsp3) is 0.643. The Kier molecular flexibility index (Phi) is 5.60. The van der Waals surface area contributed by atoms with Crippen molar-refractivity contribution in [3.05, 3.63) is 10.7 Å². The smallest absolute Gasteiger partial charge is 0.306 e. The number of rotatable bonds is 5. The second kappa shape index (κ2) is 6.63. The first kappa shape index (κ1) is 17.7. The van der Waals surface area contributed by atoms with E-state index >= 15 is 0 Å². The van der Waals surface area contributed by atoms with Crippen LogP contribution in [0.15, 0.2) is 0 Å². The molecule has 0 saturated heterocycles. The average molecular weight is 330 g/mol. The van der Waals surface area contributed by atoms with Gasteiger partial charge in [-0.15, -0.1) is 0 Å². The SMILES string of the molecule is CC(C)(CCC(=O)OC(C)(C)C)Nc1snc(Cl)c1C#N. The molecular weight excluding hydrogens is 310 g/mol. The molecule has 0 unspecified atom stereocenters. The van der Waals surface area contributed by atoms with Crippen LogP contribution in [-0.4, -0.2) is 21.5 Å². The summed E-state index contributed by atoms with van der Waals surface area (Å²) in [6.45, 7) is 9.42. The Labute approximate surface area is 134 Å². The van der Waals surface area contributed by atoms with E-state index in [1.54, 1.807) is 0 Å². The average Bonchev–Trinajstić information content (AvgIpc) is 2.64. The van der Waals surface area contributed by atoms with Crippen LogP contribution in [0.5, 0.6) is 0 Å². The molecule has 1 N–H and O–H groups in total. The van der Waals surface area contributed by atoms with Gasteiger partial charge >= 0.3 is 5.97 Å². The molecule has 1 heterocycles. The lowest BCUT2D eigenvalue weighted by atomic mass is 9.98. The number of esters is 1. The predicted molar refractivity (Wildman–Crippen MR) is 84.6 cm³/mol. The number of hydrogen-bond donors (Lipinski definition) is 1. The number of nitrogens with zero attached hydrogens (tertiary/aromatic N) is 2. The maximum atomic E-state index is 11.8. The fourth-order valence-corrected chi connectivity index (χ4v) is 2.74. The topological polar surface area (TPSA) is 75.0 Å². The molecule has 116 valence electrons. The van der Waals surface area contributed by atoms with Gasteiger partial charge in [-0.05, 0) is 52.6 Å². The number of carbonyl (C=O) groups excluding carboxylic acids is 1. The van der Waals surface area contributed by atoms with Crippen LogP contribution in [0.4, 0.5) is 5.00 Å². The summed E-state index contributed by atoms with van der Waals surface area (Å²) in [5, 5.41) is 13.1. The van der Waals surface area contributed by atoms with Crippen molar-refractivity contribution in [2.45, 2.75) is 58.6 Å². The van der Waals surface area contributed by atoms with Crippen molar-refractivity contribution >= 4 is 34.1 Å². The van der Waals surface area contributed by atoms with Crippen LogP contribution in [0.25, 0.3) is 0 Å². The number of carbonyl (C=O) groups is 1. The molecule has 0 amide bonds. The summed E-state index contributed by atoms with van der Waals surface area (Å²) < 4.78 is 9.23. The van der Waals surface area contributed by atoms with Crippen LogP contribution in [-0.2, 0) is 9.53 Å². The summed E-state index contributed by atoms with van der Waals surface area (Å²) in [7, 11) is 0. The number of nitriles is 1. The van der Waals surface area contributed by atoms with E-state index in [1.807, 2.05) is 40.7 Å².